The minimum Gasteiger partial charge on any atom is -0.491 e. The molecule has 0 fully saturated rings. The fraction of sp³-hybridized carbons (Fsp3) is 0.250. The summed E-state index contributed by atoms with van der Waals surface area (Å²) >= 11 is 6.13. The number of nitrogens with zero attached hydrogens (tertiary/aromatic N) is 2. The van der Waals surface area contributed by atoms with Crippen molar-refractivity contribution in [2.75, 3.05) is 5.32 Å². The Morgan fingerprint density at radius 2 is 1.93 bits per heavy atom. The van der Waals surface area contributed by atoms with Crippen molar-refractivity contribution >= 4 is 23.2 Å². The summed E-state index contributed by atoms with van der Waals surface area (Å²) in [5, 5.41) is 7.31. The number of rotatable bonds is 7. The fourth-order valence-corrected chi connectivity index (χ4v) is 2.66. The van der Waals surface area contributed by atoms with Gasteiger partial charge in [-0.05, 0) is 50.2 Å². The molecule has 1 N–H and O–H groups in total. The average Bonchev–Trinajstić information content (AvgIpc) is 3.10. The maximum Gasteiger partial charge on any atom is 0.227 e. The number of hydrogen-bond donors (Lipinski definition) is 1. The maximum atomic E-state index is 12.1. The molecular formula is C20H20ClN3O3. The van der Waals surface area contributed by atoms with Gasteiger partial charge in [-0.2, -0.15) is 4.98 Å². The third-order valence-electron chi connectivity index (χ3n) is 3.66. The molecule has 3 aromatic rings. The van der Waals surface area contributed by atoms with Crippen molar-refractivity contribution in [3.05, 3.63) is 59.4 Å². The molecule has 1 aromatic heterocycles. The summed E-state index contributed by atoms with van der Waals surface area (Å²) in [7, 11) is 0. The monoisotopic (exact) mass is 385 g/mol. The number of halogens is 1. The Bertz CT molecular complexity index is 907. The molecule has 2 aromatic carbocycles. The molecule has 0 radical (unpaired) electrons. The summed E-state index contributed by atoms with van der Waals surface area (Å²) in [6.45, 7) is 3.93. The number of aryl methyl sites for hydroxylation is 1. The van der Waals surface area contributed by atoms with Gasteiger partial charge < -0.3 is 14.6 Å². The Morgan fingerprint density at radius 3 is 2.63 bits per heavy atom. The second-order valence-electron chi connectivity index (χ2n) is 6.23. The van der Waals surface area contributed by atoms with Gasteiger partial charge >= 0.3 is 0 Å². The molecule has 140 valence electrons. The average molecular weight is 386 g/mol. The first-order chi connectivity index (χ1) is 13.0. The first kappa shape index (κ1) is 18.9. The number of nitrogens with one attached hydrogen (secondary N) is 1. The van der Waals surface area contributed by atoms with Gasteiger partial charge in [0.25, 0.3) is 0 Å². The van der Waals surface area contributed by atoms with Crippen LogP contribution in [0.25, 0.3) is 11.4 Å². The fourth-order valence-electron chi connectivity index (χ4n) is 2.44. The number of ether oxygens (including phenoxy) is 1. The predicted molar refractivity (Wildman–Crippen MR) is 104 cm³/mol. The van der Waals surface area contributed by atoms with Crippen molar-refractivity contribution in [3.63, 3.8) is 0 Å². The van der Waals surface area contributed by atoms with Crippen LogP contribution >= 0.6 is 11.6 Å². The predicted octanol–water partition coefficient (Wildman–Crippen LogP) is 4.75. The van der Waals surface area contributed by atoms with E-state index in [1.165, 1.54) is 0 Å². The van der Waals surface area contributed by atoms with Crippen molar-refractivity contribution < 1.29 is 14.1 Å². The SMILES string of the molecule is CC(C)Oc1ccc(NC(=O)CCc2nc(-c3ccccc3Cl)no2)cc1. The highest BCUT2D eigenvalue weighted by Crippen LogP contribution is 2.25. The van der Waals surface area contributed by atoms with Crippen LogP contribution in [0.4, 0.5) is 5.69 Å². The van der Waals surface area contributed by atoms with Gasteiger partial charge in [0.15, 0.2) is 0 Å². The minimum absolute atomic E-state index is 0.107. The van der Waals surface area contributed by atoms with Crippen LogP contribution in [0.15, 0.2) is 53.1 Å². The normalized spacial score (nSPS) is 10.8. The Hall–Kier alpha value is -2.86. The molecule has 0 saturated carbocycles. The van der Waals surface area contributed by atoms with E-state index in [4.69, 9.17) is 20.9 Å². The quantitative estimate of drug-likeness (QED) is 0.635. The Morgan fingerprint density at radius 1 is 1.19 bits per heavy atom. The van der Waals surface area contributed by atoms with Crippen molar-refractivity contribution in [1.82, 2.24) is 10.1 Å². The lowest BCUT2D eigenvalue weighted by molar-refractivity contribution is -0.116. The molecule has 0 bridgehead atoms. The van der Waals surface area contributed by atoms with Crippen LogP contribution in [0.1, 0.15) is 26.2 Å². The Kier molecular flexibility index (Phi) is 6.08. The third kappa shape index (κ3) is 5.31. The van der Waals surface area contributed by atoms with Crippen molar-refractivity contribution in [2.45, 2.75) is 32.8 Å². The van der Waals surface area contributed by atoms with Crippen LogP contribution < -0.4 is 10.1 Å². The molecule has 0 spiro atoms. The molecule has 3 rings (SSSR count). The van der Waals surface area contributed by atoms with Gasteiger partial charge in [0.1, 0.15) is 5.75 Å². The van der Waals surface area contributed by atoms with Crippen molar-refractivity contribution in [2.24, 2.45) is 0 Å². The van der Waals surface area contributed by atoms with E-state index < -0.39 is 0 Å². The van der Waals surface area contributed by atoms with Gasteiger partial charge in [0.2, 0.25) is 17.6 Å². The smallest absolute Gasteiger partial charge is 0.227 e. The molecule has 0 unspecified atom stereocenters. The number of anilines is 1. The number of hydrogen-bond acceptors (Lipinski definition) is 5. The highest BCUT2D eigenvalue weighted by Gasteiger charge is 2.13. The number of carbonyl (C=O) groups excluding carboxylic acids is 1. The van der Waals surface area contributed by atoms with Gasteiger partial charge in [0, 0.05) is 24.1 Å². The number of benzene rings is 2. The summed E-state index contributed by atoms with van der Waals surface area (Å²) < 4.78 is 10.8. The van der Waals surface area contributed by atoms with E-state index in [1.54, 1.807) is 18.2 Å². The summed E-state index contributed by atoms with van der Waals surface area (Å²) in [6.07, 6.45) is 0.683. The lowest BCUT2D eigenvalue weighted by Gasteiger charge is -2.10. The van der Waals surface area contributed by atoms with E-state index in [1.807, 2.05) is 44.2 Å². The van der Waals surface area contributed by atoms with Crippen LogP contribution in [0.3, 0.4) is 0 Å². The van der Waals surface area contributed by atoms with Crippen LogP contribution in [0, 0.1) is 0 Å². The standard InChI is InChI=1S/C20H20ClN3O3/c1-13(2)26-15-9-7-14(8-10-15)22-18(25)11-12-19-23-20(24-27-19)16-5-3-4-6-17(16)21/h3-10,13H,11-12H2,1-2H3,(H,22,25). The largest absolute Gasteiger partial charge is 0.491 e. The first-order valence-electron chi connectivity index (χ1n) is 8.65. The topological polar surface area (TPSA) is 77.2 Å². The zero-order chi connectivity index (χ0) is 19.2. The lowest BCUT2D eigenvalue weighted by Crippen LogP contribution is -2.12. The Balaban J connectivity index is 1.53. The van der Waals surface area contributed by atoms with E-state index in [0.717, 1.165) is 5.75 Å². The van der Waals surface area contributed by atoms with Gasteiger partial charge in [-0.1, -0.05) is 28.9 Å². The van der Waals surface area contributed by atoms with Crippen molar-refractivity contribution in [3.8, 4) is 17.1 Å². The number of carbonyl (C=O) groups is 1. The van der Waals surface area contributed by atoms with E-state index in [0.29, 0.717) is 34.4 Å². The first-order valence-corrected chi connectivity index (χ1v) is 9.03. The molecule has 0 aliphatic heterocycles. The van der Waals surface area contributed by atoms with Gasteiger partial charge in [-0.3, -0.25) is 4.79 Å². The summed E-state index contributed by atoms with van der Waals surface area (Å²) in [5.74, 6) is 1.43. The lowest BCUT2D eigenvalue weighted by atomic mass is 10.2. The molecule has 1 amide bonds. The molecule has 7 heteroatoms. The zero-order valence-electron chi connectivity index (χ0n) is 15.1. The van der Waals surface area contributed by atoms with Crippen LogP contribution in [-0.2, 0) is 11.2 Å². The second-order valence-corrected chi connectivity index (χ2v) is 6.64. The second kappa shape index (κ2) is 8.68. The molecular weight excluding hydrogens is 366 g/mol. The molecule has 27 heavy (non-hydrogen) atoms. The van der Waals surface area contributed by atoms with Gasteiger partial charge in [0.05, 0.1) is 11.1 Å². The number of aromatic nitrogens is 2. The Labute approximate surface area is 162 Å². The molecule has 0 aliphatic rings. The third-order valence-corrected chi connectivity index (χ3v) is 3.99. The summed E-state index contributed by atoms with van der Waals surface area (Å²) in [6, 6.07) is 14.5. The summed E-state index contributed by atoms with van der Waals surface area (Å²) in [4.78, 5) is 16.4. The van der Waals surface area contributed by atoms with E-state index in [2.05, 4.69) is 15.5 Å². The van der Waals surface area contributed by atoms with Crippen LogP contribution in [-0.4, -0.2) is 22.2 Å². The van der Waals surface area contributed by atoms with Gasteiger partial charge in [-0.15, -0.1) is 0 Å². The molecule has 1 heterocycles. The summed E-state index contributed by atoms with van der Waals surface area (Å²) in [5.41, 5.74) is 1.40. The number of amides is 1. The highest BCUT2D eigenvalue weighted by atomic mass is 35.5. The van der Waals surface area contributed by atoms with Crippen molar-refractivity contribution in [1.29, 1.82) is 0 Å². The molecule has 0 aliphatic carbocycles. The molecule has 6 nitrogen and oxygen atoms in total. The highest BCUT2D eigenvalue weighted by molar-refractivity contribution is 6.33. The van der Waals surface area contributed by atoms with E-state index in [-0.39, 0.29) is 18.4 Å². The van der Waals surface area contributed by atoms with Crippen LogP contribution in [0.5, 0.6) is 5.75 Å². The van der Waals surface area contributed by atoms with Gasteiger partial charge in [-0.25, -0.2) is 0 Å². The van der Waals surface area contributed by atoms with E-state index >= 15 is 0 Å². The molecule has 0 saturated heterocycles. The zero-order valence-corrected chi connectivity index (χ0v) is 15.9. The van der Waals surface area contributed by atoms with E-state index in [9.17, 15) is 4.79 Å². The minimum atomic E-state index is -0.134. The van der Waals surface area contributed by atoms with Crippen LogP contribution in [0.2, 0.25) is 5.02 Å². The molecule has 0 atom stereocenters. The maximum absolute atomic E-state index is 12.1.